The van der Waals surface area contributed by atoms with E-state index in [1.807, 2.05) is 12.1 Å². The maximum Gasteiger partial charge on any atom is 0.0660 e. The molecule has 1 aromatic carbocycles. The van der Waals surface area contributed by atoms with Crippen LogP contribution in [0.15, 0.2) is 18.2 Å². The summed E-state index contributed by atoms with van der Waals surface area (Å²) in [4.78, 5) is 2.45. The normalized spacial score (nSPS) is 27.9. The Labute approximate surface area is 114 Å². The molecule has 1 saturated carbocycles. The molecule has 3 rings (SSSR count). The summed E-state index contributed by atoms with van der Waals surface area (Å²) in [6.07, 6.45) is 7.00. The SMILES string of the molecule is Nc1ccc(N2CCC3CCCCC3C2)c(Cl)c1. The molecule has 18 heavy (non-hydrogen) atoms. The van der Waals surface area contributed by atoms with Crippen molar-refractivity contribution in [3.63, 3.8) is 0 Å². The van der Waals surface area contributed by atoms with E-state index in [2.05, 4.69) is 11.0 Å². The lowest BCUT2D eigenvalue weighted by atomic mass is 9.75. The van der Waals surface area contributed by atoms with Gasteiger partial charge in [0, 0.05) is 18.8 Å². The monoisotopic (exact) mass is 264 g/mol. The van der Waals surface area contributed by atoms with Gasteiger partial charge in [0.05, 0.1) is 10.7 Å². The topological polar surface area (TPSA) is 29.3 Å². The van der Waals surface area contributed by atoms with E-state index in [1.54, 1.807) is 0 Å². The highest BCUT2D eigenvalue weighted by molar-refractivity contribution is 6.33. The number of piperidine rings is 1. The second kappa shape index (κ2) is 5.00. The first-order chi connectivity index (χ1) is 8.74. The molecule has 1 aliphatic carbocycles. The third-order valence-electron chi connectivity index (χ3n) is 4.60. The molecule has 2 unspecified atom stereocenters. The van der Waals surface area contributed by atoms with Crippen LogP contribution in [-0.2, 0) is 0 Å². The molecule has 2 N–H and O–H groups in total. The van der Waals surface area contributed by atoms with Gasteiger partial charge in [0.25, 0.3) is 0 Å². The fourth-order valence-electron chi connectivity index (χ4n) is 3.60. The molecule has 1 heterocycles. The fraction of sp³-hybridized carbons (Fsp3) is 0.600. The smallest absolute Gasteiger partial charge is 0.0660 e. The Morgan fingerprint density at radius 1 is 1.11 bits per heavy atom. The van der Waals surface area contributed by atoms with Crippen molar-refractivity contribution in [3.05, 3.63) is 23.2 Å². The number of benzene rings is 1. The number of nitrogen functional groups attached to an aromatic ring is 1. The molecule has 1 saturated heterocycles. The minimum Gasteiger partial charge on any atom is -0.399 e. The second-order valence-electron chi connectivity index (χ2n) is 5.75. The lowest BCUT2D eigenvalue weighted by molar-refractivity contribution is 0.202. The van der Waals surface area contributed by atoms with Gasteiger partial charge in [0.15, 0.2) is 0 Å². The quantitative estimate of drug-likeness (QED) is 0.779. The predicted octanol–water partition coefficient (Wildman–Crippen LogP) is 3.94. The lowest BCUT2D eigenvalue weighted by Gasteiger charge is -2.42. The highest BCUT2D eigenvalue weighted by Gasteiger charge is 2.31. The van der Waals surface area contributed by atoms with Gasteiger partial charge in [-0.15, -0.1) is 0 Å². The van der Waals surface area contributed by atoms with Crippen LogP contribution < -0.4 is 10.6 Å². The number of halogens is 1. The minimum absolute atomic E-state index is 0.747. The van der Waals surface area contributed by atoms with Crippen LogP contribution in [0.5, 0.6) is 0 Å². The summed E-state index contributed by atoms with van der Waals surface area (Å²) in [6, 6.07) is 5.89. The van der Waals surface area contributed by atoms with E-state index in [4.69, 9.17) is 17.3 Å². The summed E-state index contributed by atoms with van der Waals surface area (Å²) < 4.78 is 0. The zero-order valence-corrected chi connectivity index (χ0v) is 11.5. The molecule has 0 amide bonds. The van der Waals surface area contributed by atoms with Crippen LogP contribution in [0.3, 0.4) is 0 Å². The van der Waals surface area contributed by atoms with E-state index in [0.717, 1.165) is 34.8 Å². The van der Waals surface area contributed by atoms with Gasteiger partial charge in [-0.2, -0.15) is 0 Å². The molecule has 1 aromatic rings. The van der Waals surface area contributed by atoms with Crippen LogP contribution in [0, 0.1) is 11.8 Å². The molecule has 2 nitrogen and oxygen atoms in total. The second-order valence-corrected chi connectivity index (χ2v) is 6.16. The van der Waals surface area contributed by atoms with Crippen molar-refractivity contribution < 1.29 is 0 Å². The van der Waals surface area contributed by atoms with Gasteiger partial charge in [-0.1, -0.05) is 30.9 Å². The van der Waals surface area contributed by atoms with Gasteiger partial charge in [-0.25, -0.2) is 0 Å². The molecular formula is C15H21ClN2. The Kier molecular flexibility index (Phi) is 3.38. The summed E-state index contributed by atoms with van der Waals surface area (Å²) in [5, 5.41) is 0.796. The first kappa shape index (κ1) is 12.2. The molecule has 0 radical (unpaired) electrons. The third kappa shape index (κ3) is 2.31. The third-order valence-corrected chi connectivity index (χ3v) is 4.91. The first-order valence-electron chi connectivity index (χ1n) is 7.04. The number of anilines is 2. The van der Waals surface area contributed by atoms with Gasteiger partial charge in [0.2, 0.25) is 0 Å². The van der Waals surface area contributed by atoms with Gasteiger partial charge >= 0.3 is 0 Å². The average molecular weight is 265 g/mol. The zero-order chi connectivity index (χ0) is 12.5. The van der Waals surface area contributed by atoms with Gasteiger partial charge in [-0.05, 0) is 42.9 Å². The van der Waals surface area contributed by atoms with Gasteiger partial charge in [0.1, 0.15) is 0 Å². The Bertz CT molecular complexity index is 433. The van der Waals surface area contributed by atoms with Crippen LogP contribution in [0.1, 0.15) is 32.1 Å². The number of nitrogens with zero attached hydrogens (tertiary/aromatic N) is 1. The number of nitrogens with two attached hydrogens (primary N) is 1. The van der Waals surface area contributed by atoms with Gasteiger partial charge in [-0.3, -0.25) is 0 Å². The Morgan fingerprint density at radius 3 is 2.67 bits per heavy atom. The number of hydrogen-bond acceptors (Lipinski definition) is 2. The minimum atomic E-state index is 0.747. The fourth-order valence-corrected chi connectivity index (χ4v) is 3.91. The van der Waals surface area contributed by atoms with E-state index >= 15 is 0 Å². The van der Waals surface area contributed by atoms with E-state index in [9.17, 15) is 0 Å². The standard InChI is InChI=1S/C15H21ClN2/c16-14-9-13(17)5-6-15(14)18-8-7-11-3-1-2-4-12(11)10-18/h5-6,9,11-12H,1-4,7-8,10,17H2. The molecule has 3 heteroatoms. The van der Waals surface area contributed by atoms with E-state index in [-0.39, 0.29) is 0 Å². The van der Waals surface area contributed by atoms with Crippen LogP contribution in [0.2, 0.25) is 5.02 Å². The van der Waals surface area contributed by atoms with Crippen molar-refractivity contribution in [2.24, 2.45) is 11.8 Å². The van der Waals surface area contributed by atoms with Crippen LogP contribution in [0.25, 0.3) is 0 Å². The summed E-state index contributed by atoms with van der Waals surface area (Å²) in [7, 11) is 0. The molecule has 1 aliphatic heterocycles. The summed E-state index contributed by atoms with van der Waals surface area (Å²) in [5.74, 6) is 1.84. The largest absolute Gasteiger partial charge is 0.399 e. The van der Waals surface area contributed by atoms with Gasteiger partial charge < -0.3 is 10.6 Å². The molecule has 0 bridgehead atoms. The highest BCUT2D eigenvalue weighted by atomic mass is 35.5. The molecular weight excluding hydrogens is 244 g/mol. The van der Waals surface area contributed by atoms with Crippen molar-refractivity contribution in [3.8, 4) is 0 Å². The van der Waals surface area contributed by atoms with Crippen LogP contribution in [0.4, 0.5) is 11.4 Å². The molecule has 2 atom stereocenters. The lowest BCUT2D eigenvalue weighted by Crippen LogP contribution is -2.41. The first-order valence-corrected chi connectivity index (χ1v) is 7.42. The van der Waals surface area contributed by atoms with Crippen molar-refractivity contribution in [1.29, 1.82) is 0 Å². The Morgan fingerprint density at radius 2 is 1.89 bits per heavy atom. The summed E-state index contributed by atoms with van der Waals surface area (Å²) >= 11 is 6.32. The molecule has 0 spiro atoms. The molecule has 2 aliphatic rings. The van der Waals surface area contributed by atoms with Crippen molar-refractivity contribution in [2.45, 2.75) is 32.1 Å². The van der Waals surface area contributed by atoms with Crippen LogP contribution in [-0.4, -0.2) is 13.1 Å². The molecule has 0 aromatic heterocycles. The number of fused-ring (bicyclic) bond motifs is 1. The Balaban J connectivity index is 1.77. The van der Waals surface area contributed by atoms with Crippen molar-refractivity contribution >= 4 is 23.0 Å². The number of rotatable bonds is 1. The average Bonchev–Trinajstić information content (AvgIpc) is 2.38. The van der Waals surface area contributed by atoms with E-state index in [0.29, 0.717) is 0 Å². The van der Waals surface area contributed by atoms with Crippen molar-refractivity contribution in [2.75, 3.05) is 23.7 Å². The summed E-state index contributed by atoms with van der Waals surface area (Å²) in [5.41, 5.74) is 7.67. The highest BCUT2D eigenvalue weighted by Crippen LogP contribution is 2.39. The molecule has 2 fully saturated rings. The maximum atomic E-state index is 6.32. The maximum absolute atomic E-state index is 6.32. The molecule has 98 valence electrons. The van der Waals surface area contributed by atoms with E-state index in [1.165, 1.54) is 38.6 Å². The summed E-state index contributed by atoms with van der Waals surface area (Å²) in [6.45, 7) is 2.32. The van der Waals surface area contributed by atoms with Crippen molar-refractivity contribution in [1.82, 2.24) is 0 Å². The van der Waals surface area contributed by atoms with Crippen LogP contribution >= 0.6 is 11.6 Å². The zero-order valence-electron chi connectivity index (χ0n) is 10.7. The van der Waals surface area contributed by atoms with E-state index < -0.39 is 0 Å². The Hall–Kier alpha value is -0.890. The predicted molar refractivity (Wildman–Crippen MR) is 78.1 cm³/mol. The number of hydrogen-bond donors (Lipinski definition) is 1.